The first-order valence-corrected chi connectivity index (χ1v) is 39.1. The molecule has 8 bridgehead atoms. The number of aliphatic imine (C=N–C) groups is 5. The summed E-state index contributed by atoms with van der Waals surface area (Å²) in [6.07, 6.45) is 30.2. The molecule has 0 saturated heterocycles. The smallest absolute Gasteiger partial charge is 0.202 e. The van der Waals surface area contributed by atoms with Gasteiger partial charge >= 0.3 is 0 Å². The highest BCUT2D eigenvalue weighted by Gasteiger charge is 2.79. The molecule has 4 heterocycles. The standard InChI is InChI=1S/C90H94N8/c1-11-79-27-29-80(12-2,30-28-79)87(79)64-43-51(9)19-23-56(64)60-47-69-61(48-68(60)87)57-25-21-54(45-66(57)88(69)81(13-3)31-33-82(88,14-4)34-32-81)73-95-77-78(96-73)98-74(97-77)55-22-26-59-63-50-70-62(49-71(63)90(67(59)46-55)85(17-7)39-41-86(90,18-8)42-40-85)58-24-20-53(72-93-75-76(94-72)92-52(10)91-75)44-65(58)89(70)83(15-5)35-37-84(89,16-6)38-36-83/h19-26,43-50H,10-18,27-42H2,1-9H3,(H,91,92,93,94). The summed E-state index contributed by atoms with van der Waals surface area (Å²) in [6, 6.07) is 41.3. The minimum absolute atomic E-state index is 0.0404. The lowest BCUT2D eigenvalue weighted by Crippen LogP contribution is -2.46. The number of nitrogens with one attached hydrogen (secondary N) is 1. The average molecular weight is 1290 g/mol. The molecule has 12 aliphatic carbocycles. The van der Waals surface area contributed by atoms with E-state index in [1.165, 1.54) is 197 Å². The van der Waals surface area contributed by atoms with E-state index in [1.807, 2.05) is 0 Å². The van der Waals surface area contributed by atoms with Crippen LogP contribution >= 0.6 is 0 Å². The monoisotopic (exact) mass is 1290 g/mol. The number of aromatic amines is 1. The Morgan fingerprint density at radius 3 is 0.837 bits per heavy atom. The summed E-state index contributed by atoms with van der Waals surface area (Å²) in [7, 11) is 0. The van der Waals surface area contributed by atoms with Gasteiger partial charge in [0, 0.05) is 38.4 Å². The molecule has 0 atom stereocenters. The summed E-state index contributed by atoms with van der Waals surface area (Å²) in [4.78, 5) is 39.8. The number of aromatic nitrogens is 2. The number of nitrogens with zero attached hydrogens (tertiary/aromatic N) is 7. The zero-order valence-electron chi connectivity index (χ0n) is 59.5. The molecule has 22 rings (SSSR count). The zero-order chi connectivity index (χ0) is 66.1. The Morgan fingerprint density at radius 1 is 0.296 bits per heavy atom. The molecule has 1 aromatic heterocycles. The van der Waals surface area contributed by atoms with E-state index in [4.69, 9.17) is 30.0 Å². The largest absolute Gasteiger partial charge is 0.322 e. The van der Waals surface area contributed by atoms with Gasteiger partial charge < -0.3 is 4.98 Å². The normalized spacial score (nSPS) is 37.2. The fourth-order valence-electron chi connectivity index (χ4n) is 30.3. The van der Waals surface area contributed by atoms with Crippen LogP contribution in [0.25, 0.3) is 51.1 Å². The SMILES string of the molecule is C=c1nc2c([nH]1)=NC(c1ccc3c(c1)C1(c4cc5c(cc4-3)C3(c4cc(C6=NC7=NC(c8ccc9c(c8)C8(c%10cc%11c(cc%10-9)C9(c%10cc(C)ccc%10-%11)C%10(CC)CCC9(CC)CC%10)C9(CC)CCC8(CC)CC9)=NC7=N6)ccc4-5)C4(CC)CCC3(CC)CC4)C3(CC)CCC1(CC)CC3)=N2. The fraction of sp³-hybridized carbons (Fsp3) is 0.500. The lowest BCUT2D eigenvalue weighted by molar-refractivity contribution is 0.162. The van der Waals surface area contributed by atoms with Gasteiger partial charge in [-0.3, -0.25) is 0 Å². The Labute approximate surface area is 578 Å². The van der Waals surface area contributed by atoms with E-state index < -0.39 is 0 Å². The van der Waals surface area contributed by atoms with Gasteiger partial charge in [0.1, 0.15) is 5.48 Å². The van der Waals surface area contributed by atoms with Gasteiger partial charge in [-0.15, -0.1) is 0 Å². The van der Waals surface area contributed by atoms with E-state index >= 15 is 0 Å². The van der Waals surface area contributed by atoms with Crippen LogP contribution < -0.4 is 11.0 Å². The van der Waals surface area contributed by atoms with Crippen LogP contribution in [0.5, 0.6) is 0 Å². The van der Waals surface area contributed by atoms with E-state index in [0.29, 0.717) is 28.5 Å². The molecule has 0 amide bonds. The second kappa shape index (κ2) is 18.2. The molecular weight excluding hydrogens is 1190 g/mol. The second-order valence-corrected chi connectivity index (χ2v) is 34.9. The van der Waals surface area contributed by atoms with Crippen LogP contribution in [0.1, 0.15) is 276 Å². The number of aryl methyl sites for hydroxylation is 1. The van der Waals surface area contributed by atoms with Gasteiger partial charge in [0.05, 0.1) is 0 Å². The molecular formula is C90H94N8. The third kappa shape index (κ3) is 5.72. The van der Waals surface area contributed by atoms with E-state index in [2.05, 4.69) is 176 Å². The maximum atomic E-state index is 5.46. The first-order valence-electron chi connectivity index (χ1n) is 39.1. The molecule has 0 radical (unpaired) electrons. The molecule has 15 aliphatic rings. The highest BCUT2D eigenvalue weighted by atomic mass is 15.2. The van der Waals surface area contributed by atoms with Crippen LogP contribution in [0.3, 0.4) is 0 Å². The number of imidazole rings is 1. The van der Waals surface area contributed by atoms with Crippen molar-refractivity contribution in [2.75, 3.05) is 0 Å². The van der Waals surface area contributed by atoms with Crippen molar-refractivity contribution < 1.29 is 0 Å². The molecule has 4 spiro atoms. The Kier molecular flexibility index (Phi) is 10.8. The molecule has 8 nitrogen and oxygen atoms in total. The molecule has 8 heteroatoms. The maximum Gasteiger partial charge on any atom is 0.202 e. The van der Waals surface area contributed by atoms with Gasteiger partial charge in [0.2, 0.25) is 11.7 Å². The van der Waals surface area contributed by atoms with Crippen LogP contribution in [0.2, 0.25) is 0 Å². The first kappa shape index (κ1) is 58.4. The summed E-state index contributed by atoms with van der Waals surface area (Å²) in [6.45, 7) is 26.6. The number of benzene rings is 6. The number of hydrogen-bond acceptors (Lipinski definition) is 7. The highest BCUT2D eigenvalue weighted by Crippen LogP contribution is 2.87. The Hall–Kier alpha value is -7.45. The third-order valence-corrected chi connectivity index (χ3v) is 34.3. The van der Waals surface area contributed by atoms with E-state index in [1.54, 1.807) is 38.9 Å². The number of rotatable bonds is 11. The number of fused-ring (bicyclic) bond motifs is 14. The van der Waals surface area contributed by atoms with Crippen LogP contribution in [0, 0.1) is 50.2 Å². The van der Waals surface area contributed by atoms with Crippen molar-refractivity contribution in [1.29, 1.82) is 0 Å². The van der Waals surface area contributed by atoms with Crippen molar-refractivity contribution in [3.8, 4) is 44.5 Å². The van der Waals surface area contributed by atoms with Crippen LogP contribution in [0.15, 0.2) is 127 Å². The zero-order valence-corrected chi connectivity index (χ0v) is 59.5. The maximum absolute atomic E-state index is 5.46. The summed E-state index contributed by atoms with van der Waals surface area (Å²) in [5.41, 5.74) is 32.0. The van der Waals surface area contributed by atoms with Gasteiger partial charge in [-0.05, 0) is 336 Å². The average Bonchev–Trinajstić information content (AvgIpc) is 1.47. The van der Waals surface area contributed by atoms with Crippen molar-refractivity contribution in [3.05, 3.63) is 175 Å². The van der Waals surface area contributed by atoms with Crippen molar-refractivity contribution >= 4 is 41.6 Å². The Bertz CT molecular complexity index is 5110. The van der Waals surface area contributed by atoms with E-state index in [-0.39, 0.29) is 65.0 Å². The molecule has 1 N–H and O–H groups in total. The van der Waals surface area contributed by atoms with Gasteiger partial charge in [0.25, 0.3) is 0 Å². The Balaban J connectivity index is 0.671. The number of hydrogen-bond donors (Lipinski definition) is 1. The minimum Gasteiger partial charge on any atom is -0.322 e. The highest BCUT2D eigenvalue weighted by molar-refractivity contribution is 6.53. The van der Waals surface area contributed by atoms with Gasteiger partial charge in [0.15, 0.2) is 28.8 Å². The Morgan fingerprint density at radius 2 is 0.551 bits per heavy atom. The van der Waals surface area contributed by atoms with Gasteiger partial charge in [-0.1, -0.05) is 122 Å². The number of H-pyrrole nitrogens is 1. The van der Waals surface area contributed by atoms with Crippen molar-refractivity contribution in [2.24, 2.45) is 73.3 Å². The predicted octanol–water partition coefficient (Wildman–Crippen LogP) is 20.4. The minimum atomic E-state index is -0.142. The van der Waals surface area contributed by atoms with Crippen molar-refractivity contribution in [3.63, 3.8) is 0 Å². The van der Waals surface area contributed by atoms with Crippen LogP contribution in [0.4, 0.5) is 5.82 Å². The van der Waals surface area contributed by atoms with Crippen LogP contribution in [-0.2, 0) is 21.7 Å². The fourth-order valence-corrected chi connectivity index (χ4v) is 30.3. The topological polar surface area (TPSA) is 103 Å². The molecule has 98 heavy (non-hydrogen) atoms. The van der Waals surface area contributed by atoms with Crippen molar-refractivity contribution in [1.82, 2.24) is 9.97 Å². The molecule has 6 aromatic carbocycles. The lowest BCUT2D eigenvalue weighted by Gasteiger charge is -2.48. The summed E-state index contributed by atoms with van der Waals surface area (Å²) < 4.78 is 0. The molecule has 7 aromatic rings. The summed E-state index contributed by atoms with van der Waals surface area (Å²) in [5.74, 6) is 4.23. The summed E-state index contributed by atoms with van der Waals surface area (Å²) in [5, 5.41) is 0. The molecule has 494 valence electrons. The molecule has 0 unspecified atom stereocenters. The van der Waals surface area contributed by atoms with Gasteiger partial charge in [-0.2, -0.15) is 0 Å². The van der Waals surface area contributed by atoms with Crippen LogP contribution in [-0.4, -0.2) is 39.1 Å². The predicted molar refractivity (Wildman–Crippen MR) is 397 cm³/mol. The van der Waals surface area contributed by atoms with E-state index in [9.17, 15) is 0 Å². The second-order valence-electron chi connectivity index (χ2n) is 34.9. The first-order chi connectivity index (χ1) is 47.6. The summed E-state index contributed by atoms with van der Waals surface area (Å²) >= 11 is 0. The third-order valence-electron chi connectivity index (χ3n) is 34.3. The molecule has 8 fully saturated rings. The van der Waals surface area contributed by atoms with E-state index in [0.717, 1.165) is 47.0 Å². The number of amidine groups is 5. The molecule has 8 saturated carbocycles. The van der Waals surface area contributed by atoms with Gasteiger partial charge in [-0.25, -0.2) is 34.9 Å². The molecule has 3 aliphatic heterocycles. The van der Waals surface area contributed by atoms with Crippen molar-refractivity contribution in [2.45, 2.75) is 238 Å². The lowest BCUT2D eigenvalue weighted by atomic mass is 9.54. The quantitative estimate of drug-likeness (QED) is 0.137.